The van der Waals surface area contributed by atoms with E-state index < -0.39 is 0 Å². The zero-order chi connectivity index (χ0) is 26.4. The first-order valence-electron chi connectivity index (χ1n) is 12.9. The Morgan fingerprint density at radius 1 is 0.789 bits per heavy atom. The van der Waals surface area contributed by atoms with Gasteiger partial charge in [-0.3, -0.25) is 0 Å². The molecular formula is C35H33NO2. The van der Waals surface area contributed by atoms with Crippen LogP contribution in [0.25, 0.3) is 0 Å². The molecule has 0 aliphatic heterocycles. The van der Waals surface area contributed by atoms with Crippen LogP contribution in [0.1, 0.15) is 35.2 Å². The highest BCUT2D eigenvalue weighted by atomic mass is 16.6. The van der Waals surface area contributed by atoms with Crippen LogP contribution in [0, 0.1) is 11.8 Å². The van der Waals surface area contributed by atoms with Crippen molar-refractivity contribution in [2.24, 2.45) is 0 Å². The molecule has 0 aliphatic carbocycles. The van der Waals surface area contributed by atoms with E-state index in [4.69, 9.17) is 4.74 Å². The lowest BCUT2D eigenvalue weighted by Crippen LogP contribution is -2.27. The van der Waals surface area contributed by atoms with Gasteiger partial charge in [0.05, 0.1) is 6.61 Å². The van der Waals surface area contributed by atoms with Crippen molar-refractivity contribution >= 4 is 0 Å². The number of nitrogens with zero attached hydrogens (tertiary/aromatic N) is 1. The quantitative estimate of drug-likeness (QED) is 0.137. The molecule has 1 atom stereocenters. The first-order chi connectivity index (χ1) is 18.7. The predicted molar refractivity (Wildman–Crippen MR) is 155 cm³/mol. The number of ether oxygens (including phenoxy) is 1. The molecule has 0 heterocycles. The van der Waals surface area contributed by atoms with Crippen molar-refractivity contribution in [3.63, 3.8) is 0 Å². The van der Waals surface area contributed by atoms with Crippen molar-refractivity contribution in [2.45, 2.75) is 25.9 Å². The Kier molecular flexibility index (Phi) is 9.83. The van der Waals surface area contributed by atoms with Crippen molar-refractivity contribution in [1.82, 2.24) is 4.90 Å². The summed E-state index contributed by atoms with van der Waals surface area (Å²) in [6.45, 7) is 2.83. The number of allylic oxidation sites excluding steroid dienone is 2. The van der Waals surface area contributed by atoms with Gasteiger partial charge in [0.15, 0.2) is 0 Å². The van der Waals surface area contributed by atoms with Gasteiger partial charge in [-0.1, -0.05) is 127 Å². The molecule has 0 aliphatic rings. The second-order valence-corrected chi connectivity index (χ2v) is 8.80. The average molecular weight is 500 g/mol. The third kappa shape index (κ3) is 7.91. The van der Waals surface area contributed by atoms with E-state index in [1.54, 1.807) is 6.08 Å². The molecule has 4 rings (SSSR count). The van der Waals surface area contributed by atoms with E-state index in [1.165, 1.54) is 5.56 Å². The zero-order valence-corrected chi connectivity index (χ0v) is 21.7. The van der Waals surface area contributed by atoms with Gasteiger partial charge in [0.1, 0.15) is 6.04 Å². The lowest BCUT2D eigenvalue weighted by molar-refractivity contribution is 0.101. The third-order valence-electron chi connectivity index (χ3n) is 6.03. The molecule has 0 aromatic heterocycles. The Hall–Kier alpha value is -4.68. The normalized spacial score (nSPS) is 12.2. The summed E-state index contributed by atoms with van der Waals surface area (Å²) < 4.78 is 5.45. The number of aliphatic hydroxyl groups excluding tert-OH is 1. The smallest absolute Gasteiger partial charge is 0.278 e. The van der Waals surface area contributed by atoms with Crippen LogP contribution in [0.2, 0.25) is 0 Å². The highest BCUT2D eigenvalue weighted by Gasteiger charge is 2.21. The summed E-state index contributed by atoms with van der Waals surface area (Å²) in [6, 6.07) is 40.7. The van der Waals surface area contributed by atoms with Gasteiger partial charge in [0.2, 0.25) is 0 Å². The summed E-state index contributed by atoms with van der Waals surface area (Å²) in [5.41, 5.74) is 5.18. The van der Waals surface area contributed by atoms with Crippen LogP contribution < -0.4 is 0 Å². The van der Waals surface area contributed by atoms with E-state index in [-0.39, 0.29) is 12.0 Å². The molecule has 0 radical (unpaired) electrons. The van der Waals surface area contributed by atoms with Gasteiger partial charge in [-0.25, -0.2) is 0 Å². The van der Waals surface area contributed by atoms with E-state index in [2.05, 4.69) is 59.2 Å². The standard InChI is InChI=1S/C35H33NO2/c1-2-38-35(37)27-33(25-23-29-15-7-3-8-16-29)36(28-31-19-11-5-12-20-31)34(32-21-13-6-14-22-32)26-24-30-17-9-4-10-18-30/h3-22,25,27,34,37H,2,23,28H2,1H3/b33-25-,35-27+. The summed E-state index contributed by atoms with van der Waals surface area (Å²) in [7, 11) is 0. The van der Waals surface area contributed by atoms with Gasteiger partial charge in [-0.05, 0) is 42.2 Å². The Labute approximate surface area is 226 Å². The fourth-order valence-corrected chi connectivity index (χ4v) is 4.17. The lowest BCUT2D eigenvalue weighted by atomic mass is 10.0. The Bertz CT molecular complexity index is 1370. The molecule has 0 saturated carbocycles. The van der Waals surface area contributed by atoms with Crippen LogP contribution >= 0.6 is 0 Å². The first kappa shape index (κ1) is 26.4. The predicted octanol–water partition coefficient (Wildman–Crippen LogP) is 7.84. The zero-order valence-electron chi connectivity index (χ0n) is 21.7. The van der Waals surface area contributed by atoms with E-state index >= 15 is 0 Å². The molecule has 0 fully saturated rings. The molecule has 3 heteroatoms. The van der Waals surface area contributed by atoms with Crippen LogP contribution in [0.3, 0.4) is 0 Å². The highest BCUT2D eigenvalue weighted by molar-refractivity contribution is 5.39. The molecule has 0 saturated heterocycles. The van der Waals surface area contributed by atoms with Crippen LogP contribution in [-0.4, -0.2) is 16.6 Å². The molecule has 0 spiro atoms. The molecule has 1 unspecified atom stereocenters. The Morgan fingerprint density at radius 2 is 1.34 bits per heavy atom. The first-order valence-corrected chi connectivity index (χ1v) is 12.9. The number of aliphatic hydroxyl groups is 1. The molecule has 1 N–H and O–H groups in total. The summed E-state index contributed by atoms with van der Waals surface area (Å²) >= 11 is 0. The van der Waals surface area contributed by atoms with E-state index in [0.29, 0.717) is 19.6 Å². The maximum atomic E-state index is 10.6. The molecule has 0 amide bonds. The van der Waals surface area contributed by atoms with Crippen LogP contribution in [0.4, 0.5) is 0 Å². The molecular weight excluding hydrogens is 466 g/mol. The summed E-state index contributed by atoms with van der Waals surface area (Å²) in [5.74, 6) is 6.81. The largest absolute Gasteiger partial charge is 0.481 e. The van der Waals surface area contributed by atoms with E-state index in [0.717, 1.165) is 22.4 Å². The second-order valence-electron chi connectivity index (χ2n) is 8.80. The second kappa shape index (κ2) is 14.2. The molecule has 4 aromatic carbocycles. The Morgan fingerprint density at radius 3 is 1.95 bits per heavy atom. The van der Waals surface area contributed by atoms with Crippen molar-refractivity contribution in [2.75, 3.05) is 6.61 Å². The number of rotatable bonds is 10. The van der Waals surface area contributed by atoms with Gasteiger partial charge < -0.3 is 14.7 Å². The van der Waals surface area contributed by atoms with E-state index in [9.17, 15) is 5.11 Å². The van der Waals surface area contributed by atoms with Crippen molar-refractivity contribution in [1.29, 1.82) is 0 Å². The Balaban J connectivity index is 1.85. The molecule has 190 valence electrons. The van der Waals surface area contributed by atoms with Crippen LogP contribution in [-0.2, 0) is 17.7 Å². The summed E-state index contributed by atoms with van der Waals surface area (Å²) in [6.07, 6.45) is 4.54. The maximum absolute atomic E-state index is 10.6. The summed E-state index contributed by atoms with van der Waals surface area (Å²) in [5, 5.41) is 10.6. The molecule has 0 bridgehead atoms. The molecule has 3 nitrogen and oxygen atoms in total. The van der Waals surface area contributed by atoms with Crippen molar-refractivity contribution < 1.29 is 9.84 Å². The van der Waals surface area contributed by atoms with Gasteiger partial charge in [-0.15, -0.1) is 0 Å². The van der Waals surface area contributed by atoms with Gasteiger partial charge >= 0.3 is 0 Å². The topological polar surface area (TPSA) is 32.7 Å². The summed E-state index contributed by atoms with van der Waals surface area (Å²) in [4.78, 5) is 2.23. The molecule has 4 aromatic rings. The third-order valence-corrected chi connectivity index (χ3v) is 6.03. The maximum Gasteiger partial charge on any atom is 0.278 e. The van der Waals surface area contributed by atoms with Crippen LogP contribution in [0.5, 0.6) is 0 Å². The lowest BCUT2D eigenvalue weighted by Gasteiger charge is -2.32. The average Bonchev–Trinajstić information content (AvgIpc) is 2.97. The van der Waals surface area contributed by atoms with Gasteiger partial charge in [0.25, 0.3) is 5.95 Å². The monoisotopic (exact) mass is 499 g/mol. The fourth-order valence-electron chi connectivity index (χ4n) is 4.17. The van der Waals surface area contributed by atoms with Gasteiger partial charge in [0, 0.05) is 23.9 Å². The fraction of sp³-hybridized carbons (Fsp3) is 0.143. The highest BCUT2D eigenvalue weighted by Crippen LogP contribution is 2.28. The van der Waals surface area contributed by atoms with Crippen molar-refractivity contribution in [3.8, 4) is 11.8 Å². The van der Waals surface area contributed by atoms with Crippen molar-refractivity contribution in [3.05, 3.63) is 167 Å². The van der Waals surface area contributed by atoms with E-state index in [1.807, 2.05) is 91.9 Å². The number of hydrogen-bond acceptors (Lipinski definition) is 3. The molecule has 38 heavy (non-hydrogen) atoms. The minimum atomic E-state index is -0.274. The minimum Gasteiger partial charge on any atom is -0.481 e. The number of hydrogen-bond donors (Lipinski definition) is 1. The SMILES string of the molecule is CCO/C(O)=C/C(=C/Cc1ccccc1)N(Cc1ccccc1)C(C#Cc1ccccc1)c1ccccc1. The number of benzene rings is 4. The van der Waals surface area contributed by atoms with Crippen LogP contribution in [0.15, 0.2) is 145 Å². The van der Waals surface area contributed by atoms with Gasteiger partial charge in [-0.2, -0.15) is 0 Å². The minimum absolute atomic E-state index is 0.118.